The highest BCUT2D eigenvalue weighted by Gasteiger charge is 2.22. The lowest BCUT2D eigenvalue weighted by atomic mass is 9.86. The van der Waals surface area contributed by atoms with Crippen LogP contribution < -0.4 is 19.7 Å². The van der Waals surface area contributed by atoms with Crippen LogP contribution in [0.3, 0.4) is 0 Å². The van der Waals surface area contributed by atoms with Crippen LogP contribution in [-0.4, -0.2) is 64.4 Å². The molecule has 5 rings (SSSR count). The number of halogens is 1. The van der Waals surface area contributed by atoms with Crippen LogP contribution in [0.25, 0.3) is 11.0 Å². The molecule has 216 valence electrons. The molecule has 3 heterocycles. The summed E-state index contributed by atoms with van der Waals surface area (Å²) in [5.74, 6) is 2.43. The minimum Gasteiger partial charge on any atom is -0.495 e. The molecule has 41 heavy (non-hydrogen) atoms. The molecule has 2 N–H and O–H groups in total. The van der Waals surface area contributed by atoms with E-state index < -0.39 is 0 Å². The van der Waals surface area contributed by atoms with Gasteiger partial charge in [0.1, 0.15) is 17.1 Å². The second-order valence-corrected chi connectivity index (χ2v) is 13.2. The van der Waals surface area contributed by atoms with E-state index in [1.165, 1.54) is 11.1 Å². The SMILES string of the molecule is COc1cc(C2CCN(C)CC2)c(C)cc1Nc1ncc(Br)c(Nc2ccc3nccnc3c2N(C)SC(C)C)n1. The number of hydrogen-bond donors (Lipinski definition) is 2. The van der Waals surface area contributed by atoms with Gasteiger partial charge < -0.3 is 24.6 Å². The van der Waals surface area contributed by atoms with Crippen LogP contribution in [0.4, 0.5) is 28.8 Å². The minimum absolute atomic E-state index is 0.394. The number of likely N-dealkylation sites (tertiary alicyclic amines) is 1. The zero-order valence-corrected chi connectivity index (χ0v) is 26.8. The molecule has 1 fully saturated rings. The van der Waals surface area contributed by atoms with Gasteiger partial charge in [0.2, 0.25) is 5.95 Å². The molecule has 2 aromatic heterocycles. The Kier molecular flexibility index (Phi) is 9.16. The lowest BCUT2D eigenvalue weighted by Gasteiger charge is -2.30. The van der Waals surface area contributed by atoms with Gasteiger partial charge in [-0.05, 0) is 109 Å². The molecule has 0 amide bonds. The molecule has 1 aliphatic heterocycles. The number of piperidine rings is 1. The van der Waals surface area contributed by atoms with Gasteiger partial charge in [-0.15, -0.1) is 0 Å². The highest BCUT2D eigenvalue weighted by molar-refractivity contribution is 9.10. The van der Waals surface area contributed by atoms with Gasteiger partial charge in [0, 0.05) is 30.9 Å². The number of rotatable bonds is 9. The van der Waals surface area contributed by atoms with Crippen molar-refractivity contribution in [3.63, 3.8) is 0 Å². The lowest BCUT2D eigenvalue weighted by Crippen LogP contribution is -2.29. The first-order chi connectivity index (χ1) is 19.7. The first-order valence-electron chi connectivity index (χ1n) is 13.8. The van der Waals surface area contributed by atoms with Gasteiger partial charge in [-0.2, -0.15) is 4.98 Å². The summed E-state index contributed by atoms with van der Waals surface area (Å²) < 4.78 is 8.70. The molecule has 4 aromatic rings. The zero-order valence-electron chi connectivity index (χ0n) is 24.4. The monoisotopic (exact) mass is 636 g/mol. The van der Waals surface area contributed by atoms with E-state index in [4.69, 9.17) is 9.72 Å². The van der Waals surface area contributed by atoms with Gasteiger partial charge in [-0.25, -0.2) is 4.98 Å². The Hall–Kier alpha value is -3.15. The third kappa shape index (κ3) is 6.68. The fourth-order valence-corrected chi connectivity index (χ4v) is 6.52. The molecule has 11 heteroatoms. The van der Waals surface area contributed by atoms with Crippen molar-refractivity contribution in [1.82, 2.24) is 24.8 Å². The Bertz CT molecular complexity index is 1530. The van der Waals surface area contributed by atoms with E-state index in [1.807, 2.05) is 19.2 Å². The standard InChI is InChI=1S/C30H37BrN8OS/c1-18(2)41-39(5)28-24(8-7-23-27(28)33-12-11-32-23)35-29-22(31)17-34-30(37-29)36-25-15-19(3)21(16-26(25)40-6)20-9-13-38(4)14-10-20/h7-8,11-12,15-18,20H,9-10,13-14H2,1-6H3,(H2,34,35,36,37). The van der Waals surface area contributed by atoms with Crippen molar-refractivity contribution in [2.24, 2.45) is 0 Å². The third-order valence-corrected chi connectivity index (χ3v) is 8.79. The maximum absolute atomic E-state index is 5.82. The summed E-state index contributed by atoms with van der Waals surface area (Å²) in [6.45, 7) is 8.74. The first-order valence-corrected chi connectivity index (χ1v) is 15.4. The van der Waals surface area contributed by atoms with Crippen molar-refractivity contribution in [2.45, 2.75) is 44.8 Å². The maximum atomic E-state index is 5.82. The van der Waals surface area contributed by atoms with Crippen molar-refractivity contribution in [2.75, 3.05) is 49.2 Å². The summed E-state index contributed by atoms with van der Waals surface area (Å²) in [6.07, 6.45) is 7.50. The van der Waals surface area contributed by atoms with Crippen LogP contribution in [0.1, 0.15) is 43.7 Å². The number of ether oxygens (including phenoxy) is 1. The van der Waals surface area contributed by atoms with Crippen molar-refractivity contribution in [3.05, 3.63) is 58.5 Å². The van der Waals surface area contributed by atoms with Crippen molar-refractivity contribution in [3.8, 4) is 5.75 Å². The Morgan fingerprint density at radius 2 is 1.83 bits per heavy atom. The number of aromatic nitrogens is 4. The number of aryl methyl sites for hydroxylation is 1. The molecule has 0 atom stereocenters. The molecule has 0 aliphatic carbocycles. The predicted octanol–water partition coefficient (Wildman–Crippen LogP) is 7.29. The van der Waals surface area contributed by atoms with E-state index >= 15 is 0 Å². The van der Waals surface area contributed by atoms with Crippen LogP contribution in [-0.2, 0) is 0 Å². The number of anilines is 5. The summed E-state index contributed by atoms with van der Waals surface area (Å²) in [7, 11) is 5.94. The fourth-order valence-electron chi connectivity index (χ4n) is 5.30. The fraction of sp³-hybridized carbons (Fsp3) is 0.400. The van der Waals surface area contributed by atoms with E-state index in [0.29, 0.717) is 22.9 Å². The Morgan fingerprint density at radius 1 is 1.07 bits per heavy atom. The van der Waals surface area contributed by atoms with E-state index in [-0.39, 0.29) is 0 Å². The van der Waals surface area contributed by atoms with Crippen LogP contribution in [0.2, 0.25) is 0 Å². The van der Waals surface area contributed by atoms with Crippen LogP contribution >= 0.6 is 27.9 Å². The highest BCUT2D eigenvalue weighted by Crippen LogP contribution is 2.40. The van der Waals surface area contributed by atoms with Gasteiger partial charge >= 0.3 is 0 Å². The van der Waals surface area contributed by atoms with Gasteiger partial charge in [-0.3, -0.25) is 9.97 Å². The number of nitrogens with one attached hydrogen (secondary N) is 2. The third-order valence-electron chi connectivity index (χ3n) is 7.29. The maximum Gasteiger partial charge on any atom is 0.229 e. The van der Waals surface area contributed by atoms with Crippen molar-refractivity contribution in [1.29, 1.82) is 0 Å². The van der Waals surface area contributed by atoms with Gasteiger partial charge in [-0.1, -0.05) is 13.8 Å². The van der Waals surface area contributed by atoms with Gasteiger partial charge in [0.25, 0.3) is 0 Å². The lowest BCUT2D eigenvalue weighted by molar-refractivity contribution is 0.255. The number of methoxy groups -OCH3 is 1. The van der Waals surface area contributed by atoms with Crippen molar-refractivity contribution < 1.29 is 4.74 Å². The molecule has 2 aromatic carbocycles. The topological polar surface area (TPSA) is 91.3 Å². The van der Waals surface area contributed by atoms with Gasteiger partial charge in [0.15, 0.2) is 0 Å². The average Bonchev–Trinajstić information content (AvgIpc) is 2.95. The molecule has 1 saturated heterocycles. The van der Waals surface area contributed by atoms with E-state index in [2.05, 4.69) is 90.7 Å². The van der Waals surface area contributed by atoms with Gasteiger partial charge in [0.05, 0.1) is 34.2 Å². The number of benzene rings is 2. The van der Waals surface area contributed by atoms with Crippen molar-refractivity contribution >= 4 is 67.7 Å². The molecule has 1 aliphatic rings. The molecule has 0 spiro atoms. The first kappa shape index (κ1) is 29.3. The second-order valence-electron chi connectivity index (χ2n) is 10.7. The Morgan fingerprint density at radius 3 is 2.56 bits per heavy atom. The number of nitrogens with zero attached hydrogens (tertiary/aromatic N) is 6. The summed E-state index contributed by atoms with van der Waals surface area (Å²) in [4.78, 5) is 20.9. The molecule has 0 saturated carbocycles. The second kappa shape index (κ2) is 12.8. The number of hydrogen-bond acceptors (Lipinski definition) is 10. The quantitative estimate of drug-likeness (QED) is 0.182. The molecular formula is C30H37BrN8OS. The molecule has 0 unspecified atom stereocenters. The number of fused-ring (bicyclic) bond motifs is 1. The van der Waals surface area contributed by atoms with Crippen LogP contribution in [0.15, 0.2) is 47.3 Å². The molecular weight excluding hydrogens is 600 g/mol. The molecule has 9 nitrogen and oxygen atoms in total. The summed E-state index contributed by atoms with van der Waals surface area (Å²) >= 11 is 5.36. The minimum atomic E-state index is 0.394. The van der Waals surface area contributed by atoms with E-state index in [1.54, 1.807) is 37.6 Å². The Balaban J connectivity index is 1.44. The average molecular weight is 638 g/mol. The summed E-state index contributed by atoms with van der Waals surface area (Å²) in [5.41, 5.74) is 6.90. The van der Waals surface area contributed by atoms with Crippen LogP contribution in [0.5, 0.6) is 5.75 Å². The highest BCUT2D eigenvalue weighted by atomic mass is 79.9. The van der Waals surface area contributed by atoms with E-state index in [0.717, 1.165) is 64.2 Å². The normalized spacial score (nSPS) is 14.4. The zero-order chi connectivity index (χ0) is 29.1. The smallest absolute Gasteiger partial charge is 0.229 e. The Labute approximate surface area is 254 Å². The van der Waals surface area contributed by atoms with E-state index in [9.17, 15) is 0 Å². The molecule has 0 radical (unpaired) electrons. The largest absolute Gasteiger partial charge is 0.495 e. The predicted molar refractivity (Wildman–Crippen MR) is 174 cm³/mol. The summed E-state index contributed by atoms with van der Waals surface area (Å²) in [5, 5.41) is 7.30. The summed E-state index contributed by atoms with van der Waals surface area (Å²) in [6, 6.07) is 8.30. The van der Waals surface area contributed by atoms with Crippen LogP contribution in [0, 0.1) is 6.92 Å². The molecule has 0 bridgehead atoms.